The van der Waals surface area contributed by atoms with Gasteiger partial charge in [0.15, 0.2) is 0 Å². The summed E-state index contributed by atoms with van der Waals surface area (Å²) in [6.45, 7) is 2.58. The van der Waals surface area contributed by atoms with Gasteiger partial charge in [0.1, 0.15) is 5.82 Å². The van der Waals surface area contributed by atoms with E-state index in [-0.39, 0.29) is 12.5 Å². The number of anilines is 1. The number of aromatic nitrogens is 1. The number of amides is 1. The lowest BCUT2D eigenvalue weighted by atomic mass is 9.93. The fraction of sp³-hybridized carbons (Fsp3) is 0.455. The SMILES string of the molecule is O=C(NC[C@H](O)CN1CCc2ccccc2C1)c1ccnc(NC2CCC2)c1. The number of carbonyl (C=O) groups is 1. The number of benzene rings is 1. The third-order valence-corrected chi connectivity index (χ3v) is 5.66. The third kappa shape index (κ3) is 4.69. The summed E-state index contributed by atoms with van der Waals surface area (Å²) >= 11 is 0. The quantitative estimate of drug-likeness (QED) is 0.686. The predicted molar refractivity (Wildman–Crippen MR) is 109 cm³/mol. The second kappa shape index (κ2) is 8.71. The number of fused-ring (bicyclic) bond motifs is 1. The van der Waals surface area contributed by atoms with E-state index >= 15 is 0 Å². The van der Waals surface area contributed by atoms with Gasteiger partial charge in [-0.25, -0.2) is 4.98 Å². The molecule has 4 rings (SSSR count). The summed E-state index contributed by atoms with van der Waals surface area (Å²) in [6.07, 6.45) is 5.62. The number of hydrogen-bond donors (Lipinski definition) is 3. The molecule has 1 fully saturated rings. The molecule has 1 amide bonds. The fourth-order valence-corrected chi connectivity index (χ4v) is 3.80. The van der Waals surface area contributed by atoms with E-state index in [9.17, 15) is 9.90 Å². The summed E-state index contributed by atoms with van der Waals surface area (Å²) in [5, 5.41) is 16.6. The third-order valence-electron chi connectivity index (χ3n) is 5.66. The molecule has 6 nitrogen and oxygen atoms in total. The largest absolute Gasteiger partial charge is 0.390 e. The van der Waals surface area contributed by atoms with Crippen LogP contribution in [-0.2, 0) is 13.0 Å². The molecule has 148 valence electrons. The van der Waals surface area contributed by atoms with E-state index < -0.39 is 6.10 Å². The van der Waals surface area contributed by atoms with Crippen molar-refractivity contribution in [3.63, 3.8) is 0 Å². The number of nitrogens with zero attached hydrogens (tertiary/aromatic N) is 2. The van der Waals surface area contributed by atoms with Gasteiger partial charge in [0, 0.05) is 44.0 Å². The molecule has 2 aromatic rings. The maximum absolute atomic E-state index is 12.4. The highest BCUT2D eigenvalue weighted by Crippen LogP contribution is 2.22. The summed E-state index contributed by atoms with van der Waals surface area (Å²) in [6, 6.07) is 12.4. The molecule has 0 radical (unpaired) electrons. The lowest BCUT2D eigenvalue weighted by Crippen LogP contribution is -2.42. The van der Waals surface area contributed by atoms with Gasteiger partial charge in [-0.05, 0) is 48.9 Å². The Balaban J connectivity index is 1.25. The highest BCUT2D eigenvalue weighted by molar-refractivity contribution is 5.94. The summed E-state index contributed by atoms with van der Waals surface area (Å²) in [5.41, 5.74) is 3.29. The number of carbonyl (C=O) groups excluding carboxylic acids is 1. The van der Waals surface area contributed by atoms with Crippen LogP contribution in [0.4, 0.5) is 5.82 Å². The van der Waals surface area contributed by atoms with Crippen molar-refractivity contribution in [3.05, 3.63) is 59.3 Å². The number of aliphatic hydroxyl groups excluding tert-OH is 1. The van der Waals surface area contributed by atoms with Crippen LogP contribution in [0.25, 0.3) is 0 Å². The van der Waals surface area contributed by atoms with Crippen molar-refractivity contribution in [3.8, 4) is 0 Å². The Morgan fingerprint density at radius 1 is 1.25 bits per heavy atom. The van der Waals surface area contributed by atoms with Crippen molar-refractivity contribution >= 4 is 11.7 Å². The van der Waals surface area contributed by atoms with Crippen LogP contribution in [0.2, 0.25) is 0 Å². The van der Waals surface area contributed by atoms with Gasteiger partial charge < -0.3 is 15.7 Å². The molecule has 2 aliphatic rings. The zero-order valence-electron chi connectivity index (χ0n) is 16.1. The molecule has 0 unspecified atom stereocenters. The van der Waals surface area contributed by atoms with Crippen LogP contribution in [0.3, 0.4) is 0 Å². The van der Waals surface area contributed by atoms with Gasteiger partial charge in [-0.3, -0.25) is 9.69 Å². The van der Waals surface area contributed by atoms with E-state index in [0.29, 0.717) is 18.2 Å². The number of aliphatic hydroxyl groups is 1. The van der Waals surface area contributed by atoms with Crippen LogP contribution in [0.5, 0.6) is 0 Å². The summed E-state index contributed by atoms with van der Waals surface area (Å²) in [4.78, 5) is 19.0. The molecule has 1 aromatic carbocycles. The molecule has 1 saturated carbocycles. The highest BCUT2D eigenvalue weighted by atomic mass is 16.3. The molecule has 2 heterocycles. The van der Waals surface area contributed by atoms with Gasteiger partial charge in [0.05, 0.1) is 6.10 Å². The zero-order chi connectivity index (χ0) is 19.3. The lowest BCUT2D eigenvalue weighted by molar-refractivity contribution is 0.0842. The normalized spacial score (nSPS) is 18.0. The van der Waals surface area contributed by atoms with Crippen molar-refractivity contribution in [1.29, 1.82) is 0 Å². The molecule has 0 spiro atoms. The molecule has 1 atom stereocenters. The summed E-state index contributed by atoms with van der Waals surface area (Å²) in [7, 11) is 0. The first-order chi connectivity index (χ1) is 13.7. The van der Waals surface area contributed by atoms with Crippen LogP contribution in [0, 0.1) is 0 Å². The molecule has 1 aliphatic heterocycles. The minimum atomic E-state index is -0.594. The van der Waals surface area contributed by atoms with Crippen LogP contribution in [0.15, 0.2) is 42.6 Å². The van der Waals surface area contributed by atoms with Gasteiger partial charge in [-0.15, -0.1) is 0 Å². The van der Waals surface area contributed by atoms with Gasteiger partial charge in [0.25, 0.3) is 5.91 Å². The molecular weight excluding hydrogens is 352 g/mol. The van der Waals surface area contributed by atoms with Gasteiger partial charge >= 0.3 is 0 Å². The Morgan fingerprint density at radius 3 is 2.86 bits per heavy atom. The predicted octanol–water partition coefficient (Wildman–Crippen LogP) is 2.19. The summed E-state index contributed by atoms with van der Waals surface area (Å²) in [5.74, 6) is 0.562. The second-order valence-electron chi connectivity index (χ2n) is 7.82. The minimum absolute atomic E-state index is 0.179. The van der Waals surface area contributed by atoms with E-state index in [1.54, 1.807) is 18.3 Å². The monoisotopic (exact) mass is 380 g/mol. The maximum Gasteiger partial charge on any atom is 0.251 e. The Morgan fingerprint density at radius 2 is 2.07 bits per heavy atom. The van der Waals surface area contributed by atoms with Crippen LogP contribution >= 0.6 is 0 Å². The standard InChI is InChI=1S/C22H28N4O2/c27-20(15-26-11-9-16-4-1-2-5-18(16)14-26)13-24-22(28)17-8-10-23-21(12-17)25-19-6-3-7-19/h1-2,4-5,8,10,12,19-20,27H,3,6-7,9,11,13-15H2,(H,23,25)(H,24,28)/t20-/m0/s1. The Labute approximate surface area is 166 Å². The van der Waals surface area contributed by atoms with Crippen molar-refractivity contribution in [2.45, 2.75) is 44.4 Å². The van der Waals surface area contributed by atoms with E-state index in [1.807, 2.05) is 0 Å². The van der Waals surface area contributed by atoms with E-state index in [0.717, 1.165) is 38.2 Å². The lowest BCUT2D eigenvalue weighted by Gasteiger charge is -2.30. The second-order valence-corrected chi connectivity index (χ2v) is 7.82. The number of pyridine rings is 1. The Kier molecular flexibility index (Phi) is 5.88. The number of rotatable bonds is 7. The maximum atomic E-state index is 12.4. The average Bonchev–Trinajstić information content (AvgIpc) is 2.69. The van der Waals surface area contributed by atoms with Crippen molar-refractivity contribution in [2.24, 2.45) is 0 Å². The molecule has 6 heteroatoms. The first-order valence-electron chi connectivity index (χ1n) is 10.2. The van der Waals surface area contributed by atoms with Gasteiger partial charge in [-0.1, -0.05) is 24.3 Å². The molecule has 0 bridgehead atoms. The first kappa shape index (κ1) is 18.9. The van der Waals surface area contributed by atoms with E-state index in [4.69, 9.17) is 0 Å². The van der Waals surface area contributed by atoms with Gasteiger partial charge in [-0.2, -0.15) is 0 Å². The van der Waals surface area contributed by atoms with E-state index in [2.05, 4.69) is 44.8 Å². The van der Waals surface area contributed by atoms with Gasteiger partial charge in [0.2, 0.25) is 0 Å². The van der Waals surface area contributed by atoms with Crippen LogP contribution < -0.4 is 10.6 Å². The first-order valence-corrected chi connectivity index (χ1v) is 10.2. The smallest absolute Gasteiger partial charge is 0.251 e. The van der Waals surface area contributed by atoms with Crippen LogP contribution in [0.1, 0.15) is 40.7 Å². The zero-order valence-corrected chi connectivity index (χ0v) is 16.1. The molecule has 1 aliphatic carbocycles. The Hall–Kier alpha value is -2.44. The average molecular weight is 380 g/mol. The number of β-amino-alcohol motifs (C(OH)–C–C–N with tert-alkyl or cyclic N) is 1. The Bertz CT molecular complexity index is 822. The molecular formula is C22H28N4O2. The van der Waals surface area contributed by atoms with E-state index in [1.165, 1.54) is 17.5 Å². The fourth-order valence-electron chi connectivity index (χ4n) is 3.80. The highest BCUT2D eigenvalue weighted by Gasteiger charge is 2.20. The topological polar surface area (TPSA) is 77.5 Å². The minimum Gasteiger partial charge on any atom is -0.390 e. The van der Waals surface area contributed by atoms with Crippen LogP contribution in [-0.4, -0.2) is 52.7 Å². The molecule has 3 N–H and O–H groups in total. The molecule has 28 heavy (non-hydrogen) atoms. The number of nitrogens with one attached hydrogen (secondary N) is 2. The molecule has 1 aromatic heterocycles. The van der Waals surface area contributed by atoms with Crippen molar-refractivity contribution in [1.82, 2.24) is 15.2 Å². The van der Waals surface area contributed by atoms with Crippen molar-refractivity contribution < 1.29 is 9.90 Å². The van der Waals surface area contributed by atoms with Crippen molar-refractivity contribution in [2.75, 3.05) is 25.0 Å². The molecule has 0 saturated heterocycles. The summed E-state index contributed by atoms with van der Waals surface area (Å²) < 4.78 is 0. The number of hydrogen-bond acceptors (Lipinski definition) is 5.